The molecular weight excluding hydrogens is 310 g/mol. The predicted molar refractivity (Wildman–Crippen MR) is 102 cm³/mol. The van der Waals surface area contributed by atoms with Gasteiger partial charge in [-0.1, -0.05) is 19.1 Å². The molecule has 3 rings (SSSR count). The van der Waals surface area contributed by atoms with Crippen molar-refractivity contribution >= 4 is 11.6 Å². The fraction of sp³-hybridized carbons (Fsp3) is 0.429. The number of aryl methyl sites for hydroxylation is 1. The molecule has 1 amide bonds. The molecule has 1 aliphatic heterocycles. The maximum atomic E-state index is 12.5. The van der Waals surface area contributed by atoms with Crippen LogP contribution in [0.3, 0.4) is 0 Å². The number of rotatable bonds is 5. The van der Waals surface area contributed by atoms with Gasteiger partial charge < -0.3 is 10.6 Å². The van der Waals surface area contributed by atoms with E-state index in [2.05, 4.69) is 40.7 Å². The van der Waals surface area contributed by atoms with E-state index in [9.17, 15) is 4.79 Å². The second-order valence-corrected chi connectivity index (χ2v) is 7.10. The summed E-state index contributed by atoms with van der Waals surface area (Å²) in [5.41, 5.74) is 4.17. The average Bonchev–Trinajstić information content (AvgIpc) is 2.65. The molecule has 0 spiro atoms. The summed E-state index contributed by atoms with van der Waals surface area (Å²) in [5.74, 6) is 1.10. The van der Waals surface area contributed by atoms with Crippen molar-refractivity contribution in [2.75, 3.05) is 18.4 Å². The molecule has 2 unspecified atom stereocenters. The van der Waals surface area contributed by atoms with E-state index < -0.39 is 0 Å². The quantitative estimate of drug-likeness (QED) is 0.866. The first-order chi connectivity index (χ1) is 12.1. The number of aromatic nitrogens is 1. The van der Waals surface area contributed by atoms with Crippen LogP contribution in [0.4, 0.5) is 5.69 Å². The molecule has 1 saturated heterocycles. The standard InChI is InChI=1S/C21H27N3O/c1-15-5-6-18(17-7-10-22-11-8-17)13-20(15)24-21(25)12-16(2)19-4-3-9-23-14-19/h5-8,10-11,13,16,19,23H,3-4,9,12,14H2,1-2H3,(H,24,25). The lowest BCUT2D eigenvalue weighted by atomic mass is 9.85. The van der Waals surface area contributed by atoms with Crippen molar-refractivity contribution in [3.05, 3.63) is 48.3 Å². The summed E-state index contributed by atoms with van der Waals surface area (Å²) in [5, 5.41) is 6.55. The van der Waals surface area contributed by atoms with Gasteiger partial charge in [0.25, 0.3) is 0 Å². The molecule has 1 aliphatic rings. The Balaban J connectivity index is 1.66. The summed E-state index contributed by atoms with van der Waals surface area (Å²) in [7, 11) is 0. The molecule has 2 atom stereocenters. The first kappa shape index (κ1) is 17.6. The van der Waals surface area contributed by atoms with Gasteiger partial charge in [0.1, 0.15) is 0 Å². The Hall–Kier alpha value is -2.20. The first-order valence-electron chi connectivity index (χ1n) is 9.15. The number of nitrogens with zero attached hydrogens (tertiary/aromatic N) is 1. The molecule has 4 nitrogen and oxygen atoms in total. The highest BCUT2D eigenvalue weighted by atomic mass is 16.1. The summed E-state index contributed by atoms with van der Waals surface area (Å²) in [6, 6.07) is 10.1. The van der Waals surface area contributed by atoms with Crippen molar-refractivity contribution in [1.29, 1.82) is 0 Å². The highest BCUT2D eigenvalue weighted by Gasteiger charge is 2.22. The molecule has 2 N–H and O–H groups in total. The normalized spacial score (nSPS) is 18.6. The number of amides is 1. The van der Waals surface area contributed by atoms with Crippen molar-refractivity contribution in [3.63, 3.8) is 0 Å². The van der Waals surface area contributed by atoms with Crippen LogP contribution in [-0.2, 0) is 4.79 Å². The minimum Gasteiger partial charge on any atom is -0.326 e. The number of nitrogens with one attached hydrogen (secondary N) is 2. The van der Waals surface area contributed by atoms with E-state index in [4.69, 9.17) is 0 Å². The minimum absolute atomic E-state index is 0.105. The summed E-state index contributed by atoms with van der Waals surface area (Å²) < 4.78 is 0. The van der Waals surface area contributed by atoms with Crippen LogP contribution in [0, 0.1) is 18.8 Å². The lowest BCUT2D eigenvalue weighted by molar-refractivity contribution is -0.117. The van der Waals surface area contributed by atoms with Gasteiger partial charge in [-0.3, -0.25) is 9.78 Å². The second-order valence-electron chi connectivity index (χ2n) is 7.10. The van der Waals surface area contributed by atoms with E-state index in [1.807, 2.05) is 19.1 Å². The molecule has 0 radical (unpaired) electrons. The van der Waals surface area contributed by atoms with E-state index in [0.29, 0.717) is 18.3 Å². The minimum atomic E-state index is 0.105. The SMILES string of the molecule is Cc1ccc(-c2ccncc2)cc1NC(=O)CC(C)C1CCCNC1. The van der Waals surface area contributed by atoms with Crippen LogP contribution in [0.5, 0.6) is 0 Å². The Morgan fingerprint density at radius 3 is 2.80 bits per heavy atom. The maximum Gasteiger partial charge on any atom is 0.224 e. The summed E-state index contributed by atoms with van der Waals surface area (Å²) in [6.07, 6.45) is 6.58. The van der Waals surface area contributed by atoms with Gasteiger partial charge in [0, 0.05) is 24.5 Å². The molecule has 1 fully saturated rings. The third kappa shape index (κ3) is 4.67. The monoisotopic (exact) mass is 337 g/mol. The number of benzene rings is 1. The smallest absolute Gasteiger partial charge is 0.224 e. The van der Waals surface area contributed by atoms with Crippen molar-refractivity contribution in [1.82, 2.24) is 10.3 Å². The van der Waals surface area contributed by atoms with Gasteiger partial charge in [-0.05, 0) is 79.6 Å². The highest BCUT2D eigenvalue weighted by Crippen LogP contribution is 2.26. The molecule has 0 saturated carbocycles. The number of hydrogen-bond acceptors (Lipinski definition) is 3. The Bertz CT molecular complexity index is 708. The number of carbonyl (C=O) groups excluding carboxylic acids is 1. The van der Waals surface area contributed by atoms with Crippen molar-refractivity contribution in [2.24, 2.45) is 11.8 Å². The van der Waals surface area contributed by atoms with Crippen molar-refractivity contribution < 1.29 is 4.79 Å². The van der Waals surface area contributed by atoms with Gasteiger partial charge >= 0.3 is 0 Å². The third-order valence-corrected chi connectivity index (χ3v) is 5.17. The number of hydrogen-bond donors (Lipinski definition) is 2. The predicted octanol–water partition coefficient (Wildman–Crippen LogP) is 4.02. The summed E-state index contributed by atoms with van der Waals surface area (Å²) in [6.45, 7) is 6.36. The third-order valence-electron chi connectivity index (χ3n) is 5.17. The molecule has 25 heavy (non-hydrogen) atoms. The zero-order valence-corrected chi connectivity index (χ0v) is 15.1. The van der Waals surface area contributed by atoms with Crippen molar-refractivity contribution in [2.45, 2.75) is 33.1 Å². The number of piperidine rings is 1. The van der Waals surface area contributed by atoms with E-state index >= 15 is 0 Å². The van der Waals surface area contributed by atoms with Crippen molar-refractivity contribution in [3.8, 4) is 11.1 Å². The topological polar surface area (TPSA) is 54.0 Å². The number of carbonyl (C=O) groups is 1. The van der Waals surface area contributed by atoms with Crippen LogP contribution in [0.25, 0.3) is 11.1 Å². The lowest BCUT2D eigenvalue weighted by Gasteiger charge is -2.28. The highest BCUT2D eigenvalue weighted by molar-refractivity contribution is 5.92. The largest absolute Gasteiger partial charge is 0.326 e. The molecule has 2 aromatic rings. The summed E-state index contributed by atoms with van der Waals surface area (Å²) >= 11 is 0. The fourth-order valence-electron chi connectivity index (χ4n) is 3.51. The van der Waals surface area contributed by atoms with Gasteiger partial charge in [0.2, 0.25) is 5.91 Å². The maximum absolute atomic E-state index is 12.5. The molecule has 1 aromatic heterocycles. The van der Waals surface area contributed by atoms with E-state index in [0.717, 1.165) is 35.5 Å². The molecule has 0 bridgehead atoms. The Morgan fingerprint density at radius 1 is 1.28 bits per heavy atom. The first-order valence-corrected chi connectivity index (χ1v) is 9.15. The fourth-order valence-corrected chi connectivity index (χ4v) is 3.51. The molecule has 0 aliphatic carbocycles. The molecule has 2 heterocycles. The van der Waals surface area contributed by atoms with Crippen LogP contribution < -0.4 is 10.6 Å². The number of pyridine rings is 1. The zero-order valence-electron chi connectivity index (χ0n) is 15.1. The molecule has 1 aromatic carbocycles. The summed E-state index contributed by atoms with van der Waals surface area (Å²) in [4.78, 5) is 16.6. The molecular formula is C21H27N3O. The van der Waals surface area contributed by atoms with Gasteiger partial charge in [-0.2, -0.15) is 0 Å². The van der Waals surface area contributed by atoms with Gasteiger partial charge in [-0.15, -0.1) is 0 Å². The Labute approximate surface area is 150 Å². The van der Waals surface area contributed by atoms with E-state index in [-0.39, 0.29) is 5.91 Å². The van der Waals surface area contributed by atoms with E-state index in [1.165, 1.54) is 12.8 Å². The van der Waals surface area contributed by atoms with Gasteiger partial charge in [-0.25, -0.2) is 0 Å². The van der Waals surface area contributed by atoms with Crippen LogP contribution in [0.15, 0.2) is 42.7 Å². The molecule has 132 valence electrons. The molecule has 4 heteroatoms. The van der Waals surface area contributed by atoms with Crippen LogP contribution in [0.2, 0.25) is 0 Å². The van der Waals surface area contributed by atoms with Crippen LogP contribution in [0.1, 0.15) is 31.7 Å². The number of anilines is 1. The lowest BCUT2D eigenvalue weighted by Crippen LogP contribution is -2.34. The zero-order chi connectivity index (χ0) is 17.6. The van der Waals surface area contributed by atoms with Gasteiger partial charge in [0.05, 0.1) is 0 Å². The van der Waals surface area contributed by atoms with Crippen LogP contribution in [-0.4, -0.2) is 24.0 Å². The second kappa shape index (κ2) is 8.26. The average molecular weight is 337 g/mol. The van der Waals surface area contributed by atoms with Crippen LogP contribution >= 0.6 is 0 Å². The Morgan fingerprint density at radius 2 is 2.08 bits per heavy atom. The van der Waals surface area contributed by atoms with E-state index in [1.54, 1.807) is 12.4 Å². The van der Waals surface area contributed by atoms with Gasteiger partial charge in [0.15, 0.2) is 0 Å². The Kier molecular flexibility index (Phi) is 5.82.